The highest BCUT2D eigenvalue weighted by molar-refractivity contribution is 7.44. The Morgan fingerprint density at radius 2 is 1.41 bits per heavy atom. The Bertz CT molecular complexity index is 1340. The normalized spacial score (nSPS) is 20.6. The molecule has 0 bridgehead atoms. The van der Waals surface area contributed by atoms with Gasteiger partial charge in [-0.1, -0.05) is 54.6 Å². The van der Waals surface area contributed by atoms with Crippen molar-refractivity contribution in [3.8, 4) is 17.6 Å². The first-order valence-electron chi connectivity index (χ1n) is 15.7. The third kappa shape index (κ3) is 8.09. The Hall–Kier alpha value is -3.03. The standard InChI is InChI=1S/C35H45BFN2O6P/c1-24(2)39(25(3)4)46(43-22-10-21-38)45-33-31(44-34(36)32(33)37)23-42-35(26-11-8-7-9-12-26,27-13-17-29(40-5)18-14-27)28-15-19-30(41-6)20-16-28/h7-9,11-20,24-25,31-34H,10,22-23,36H2,1-6H3/t31-,32-,33-,34-,46?/m1/s1. The maximum atomic E-state index is 16.0. The molecule has 0 amide bonds. The molecule has 1 aliphatic heterocycles. The predicted octanol–water partition coefficient (Wildman–Crippen LogP) is 6.37. The first kappa shape index (κ1) is 35.8. The van der Waals surface area contributed by atoms with E-state index in [2.05, 4.69) is 10.7 Å². The van der Waals surface area contributed by atoms with Gasteiger partial charge in [0.15, 0.2) is 0 Å². The number of halogens is 1. The van der Waals surface area contributed by atoms with Crippen LogP contribution in [0.15, 0.2) is 78.9 Å². The number of methoxy groups -OCH3 is 2. The predicted molar refractivity (Wildman–Crippen MR) is 180 cm³/mol. The van der Waals surface area contributed by atoms with Crippen molar-refractivity contribution in [1.82, 2.24) is 4.67 Å². The number of nitriles is 1. The number of benzene rings is 3. The highest BCUT2D eigenvalue weighted by Crippen LogP contribution is 2.50. The molecule has 1 saturated heterocycles. The lowest BCUT2D eigenvalue weighted by Crippen LogP contribution is -2.41. The number of nitrogens with zero attached hydrogens (tertiary/aromatic N) is 2. The quantitative estimate of drug-likeness (QED) is 0.0766. The molecule has 4 rings (SSSR count). The SMILES string of the molecule is B[C@@H]1O[C@H](COC(c2ccccc2)(c2ccc(OC)cc2)c2ccc(OC)cc2)[C@@H](OP(OCCC#N)N(C(C)C)C(C)C)[C@H]1F. The number of hydrogen-bond donors (Lipinski definition) is 0. The molecule has 0 aliphatic carbocycles. The second-order valence-corrected chi connectivity index (χ2v) is 13.2. The fourth-order valence-corrected chi connectivity index (χ4v) is 7.61. The zero-order chi connectivity index (χ0) is 33.3. The smallest absolute Gasteiger partial charge is 0.259 e. The summed E-state index contributed by atoms with van der Waals surface area (Å²) in [5.74, 6) is 1.43. The van der Waals surface area contributed by atoms with Crippen molar-refractivity contribution >= 4 is 16.4 Å². The molecule has 0 N–H and O–H groups in total. The third-order valence-corrected chi connectivity index (χ3v) is 10.2. The fourth-order valence-electron chi connectivity index (χ4n) is 5.84. The van der Waals surface area contributed by atoms with E-state index in [9.17, 15) is 0 Å². The van der Waals surface area contributed by atoms with Gasteiger partial charge in [-0.15, -0.1) is 0 Å². The van der Waals surface area contributed by atoms with Gasteiger partial charge in [-0.2, -0.15) is 5.26 Å². The summed E-state index contributed by atoms with van der Waals surface area (Å²) < 4.78 is 54.8. The van der Waals surface area contributed by atoms with Crippen LogP contribution >= 0.6 is 8.53 Å². The molecule has 1 aliphatic rings. The largest absolute Gasteiger partial charge is 0.497 e. The van der Waals surface area contributed by atoms with Gasteiger partial charge in [0.1, 0.15) is 43.3 Å². The lowest BCUT2D eigenvalue weighted by molar-refractivity contribution is -0.0718. The van der Waals surface area contributed by atoms with E-state index < -0.39 is 38.5 Å². The van der Waals surface area contributed by atoms with Gasteiger partial charge >= 0.3 is 0 Å². The minimum atomic E-state index is -1.70. The second kappa shape index (κ2) is 16.7. The summed E-state index contributed by atoms with van der Waals surface area (Å²) in [5, 5.41) is 9.14. The summed E-state index contributed by atoms with van der Waals surface area (Å²) in [6.07, 6.45) is -2.90. The van der Waals surface area contributed by atoms with Crippen LogP contribution < -0.4 is 9.47 Å². The average molecular weight is 651 g/mol. The van der Waals surface area contributed by atoms with Crippen molar-refractivity contribution in [2.45, 2.75) is 76.2 Å². The van der Waals surface area contributed by atoms with Gasteiger partial charge in [0.2, 0.25) is 0 Å². The van der Waals surface area contributed by atoms with Crippen LogP contribution in [0.4, 0.5) is 4.39 Å². The zero-order valence-corrected chi connectivity index (χ0v) is 28.7. The molecular formula is C35H45BFN2O6P. The Morgan fingerprint density at radius 1 is 0.891 bits per heavy atom. The zero-order valence-electron chi connectivity index (χ0n) is 27.8. The van der Waals surface area contributed by atoms with Gasteiger partial charge in [-0.3, -0.25) is 0 Å². The lowest BCUT2D eigenvalue weighted by atomic mass is 9.80. The first-order valence-corrected chi connectivity index (χ1v) is 16.8. The van der Waals surface area contributed by atoms with Crippen LogP contribution in [-0.2, 0) is 24.1 Å². The van der Waals surface area contributed by atoms with Crippen LogP contribution in [0.5, 0.6) is 11.5 Å². The van der Waals surface area contributed by atoms with E-state index in [-0.39, 0.29) is 31.7 Å². The van der Waals surface area contributed by atoms with Crippen molar-refractivity contribution in [3.63, 3.8) is 0 Å². The Morgan fingerprint density at radius 3 is 1.89 bits per heavy atom. The summed E-state index contributed by atoms with van der Waals surface area (Å²) in [5.41, 5.74) is 1.51. The van der Waals surface area contributed by atoms with E-state index in [1.54, 1.807) is 22.1 Å². The molecule has 0 radical (unpaired) electrons. The van der Waals surface area contributed by atoms with E-state index in [1.807, 2.05) is 107 Å². The van der Waals surface area contributed by atoms with Gasteiger partial charge in [0.25, 0.3) is 8.53 Å². The van der Waals surface area contributed by atoms with E-state index in [4.69, 9.17) is 33.3 Å². The van der Waals surface area contributed by atoms with Crippen LogP contribution in [0, 0.1) is 11.3 Å². The molecule has 3 aromatic rings. The molecule has 3 aromatic carbocycles. The van der Waals surface area contributed by atoms with E-state index >= 15 is 4.39 Å². The summed E-state index contributed by atoms with van der Waals surface area (Å²) >= 11 is 0. The minimum Gasteiger partial charge on any atom is -0.497 e. The Kier molecular flexibility index (Phi) is 13.0. The highest BCUT2D eigenvalue weighted by Gasteiger charge is 2.48. The summed E-state index contributed by atoms with van der Waals surface area (Å²) in [4.78, 5) is 0. The molecular weight excluding hydrogens is 605 g/mol. The number of hydrogen-bond acceptors (Lipinski definition) is 8. The molecule has 1 unspecified atom stereocenters. The first-order chi connectivity index (χ1) is 22.2. The van der Waals surface area contributed by atoms with Crippen molar-refractivity contribution < 1.29 is 32.4 Å². The molecule has 0 saturated carbocycles. The van der Waals surface area contributed by atoms with Crippen LogP contribution in [-0.4, -0.2) is 76.4 Å². The molecule has 8 nitrogen and oxygen atoms in total. The van der Waals surface area contributed by atoms with Gasteiger partial charge in [0, 0.05) is 12.1 Å². The minimum absolute atomic E-state index is 0.0209. The lowest BCUT2D eigenvalue weighted by Gasteiger charge is -2.39. The fraction of sp³-hybridized carbons (Fsp3) is 0.457. The van der Waals surface area contributed by atoms with Crippen LogP contribution in [0.2, 0.25) is 0 Å². The molecule has 0 spiro atoms. The maximum absolute atomic E-state index is 16.0. The highest BCUT2D eigenvalue weighted by atomic mass is 31.2. The van der Waals surface area contributed by atoms with Crippen molar-refractivity contribution in [3.05, 3.63) is 95.6 Å². The van der Waals surface area contributed by atoms with Gasteiger partial charge in [0.05, 0.1) is 45.9 Å². The summed E-state index contributed by atoms with van der Waals surface area (Å²) in [6.45, 7) is 8.40. The van der Waals surface area contributed by atoms with E-state index in [0.29, 0.717) is 11.5 Å². The molecule has 246 valence electrons. The molecule has 1 heterocycles. The summed E-state index contributed by atoms with van der Waals surface area (Å²) in [7, 11) is 3.27. The van der Waals surface area contributed by atoms with Crippen molar-refractivity contribution in [1.29, 1.82) is 5.26 Å². The second-order valence-electron chi connectivity index (χ2n) is 11.8. The monoisotopic (exact) mass is 650 g/mol. The Labute approximate surface area is 275 Å². The molecule has 0 aromatic heterocycles. The maximum Gasteiger partial charge on any atom is 0.259 e. The number of alkyl halides is 1. The number of ether oxygens (including phenoxy) is 4. The van der Waals surface area contributed by atoms with E-state index in [1.165, 1.54) is 0 Å². The van der Waals surface area contributed by atoms with Crippen LogP contribution in [0.25, 0.3) is 0 Å². The van der Waals surface area contributed by atoms with Crippen LogP contribution in [0.1, 0.15) is 50.8 Å². The van der Waals surface area contributed by atoms with Gasteiger partial charge in [-0.25, -0.2) is 9.06 Å². The van der Waals surface area contributed by atoms with Gasteiger partial charge in [-0.05, 0) is 68.7 Å². The Balaban J connectivity index is 1.75. The van der Waals surface area contributed by atoms with Crippen molar-refractivity contribution in [2.24, 2.45) is 0 Å². The molecule has 11 heteroatoms. The average Bonchev–Trinajstić information content (AvgIpc) is 3.33. The third-order valence-electron chi connectivity index (χ3n) is 8.03. The van der Waals surface area contributed by atoms with E-state index in [0.717, 1.165) is 16.7 Å². The van der Waals surface area contributed by atoms with Crippen LogP contribution in [0.3, 0.4) is 0 Å². The molecule has 5 atom stereocenters. The topological polar surface area (TPSA) is 82.4 Å². The van der Waals surface area contributed by atoms with Crippen molar-refractivity contribution in [2.75, 3.05) is 27.4 Å². The number of rotatable bonds is 16. The molecule has 1 fully saturated rings. The summed E-state index contributed by atoms with van der Waals surface area (Å²) in [6, 6.07) is 27.0. The molecule has 46 heavy (non-hydrogen) atoms. The van der Waals surface area contributed by atoms with Gasteiger partial charge < -0.3 is 28.0 Å².